The van der Waals surface area contributed by atoms with Gasteiger partial charge in [0.15, 0.2) is 5.60 Å². The average Bonchev–Trinajstić information content (AvgIpc) is 3.62. The molecule has 0 unspecified atom stereocenters. The number of amides is 3. The van der Waals surface area contributed by atoms with Gasteiger partial charge in [-0.1, -0.05) is 84.8 Å². The van der Waals surface area contributed by atoms with E-state index in [0.29, 0.717) is 56.0 Å². The SMILES string of the molecule is CC(C)=CCC/C(C)=C/CN1C(=O)[C@](O)([C@H](C)/C=C/CC(=O)N2Cc3ccccc3C[C@H]2CO)c2cc(N3CN(c4ccccc4)C4(CCNCC4)C3=O)ccc21. The van der Waals surface area contributed by atoms with Crippen molar-refractivity contribution in [2.45, 2.75) is 89.9 Å². The summed E-state index contributed by atoms with van der Waals surface area (Å²) in [5.74, 6) is -1.26. The van der Waals surface area contributed by atoms with Crippen LogP contribution in [0.5, 0.6) is 0 Å². The molecule has 10 nitrogen and oxygen atoms in total. The van der Waals surface area contributed by atoms with Crippen LogP contribution in [-0.4, -0.2) is 77.3 Å². The van der Waals surface area contributed by atoms with Crippen LogP contribution in [0.2, 0.25) is 0 Å². The summed E-state index contributed by atoms with van der Waals surface area (Å²) in [4.78, 5) is 50.1. The summed E-state index contributed by atoms with van der Waals surface area (Å²) in [7, 11) is 0. The first-order valence-electron chi connectivity index (χ1n) is 20.4. The van der Waals surface area contributed by atoms with Crippen molar-refractivity contribution in [2.75, 3.05) is 47.6 Å². The monoisotopic (exact) mass is 771 g/mol. The second-order valence-electron chi connectivity index (χ2n) is 16.4. The topological polar surface area (TPSA) is 117 Å². The van der Waals surface area contributed by atoms with Gasteiger partial charge in [0, 0.05) is 42.4 Å². The number of nitrogens with zero attached hydrogens (tertiary/aromatic N) is 4. The number of hydrogen-bond acceptors (Lipinski definition) is 7. The van der Waals surface area contributed by atoms with E-state index < -0.39 is 23.0 Å². The van der Waals surface area contributed by atoms with Gasteiger partial charge in [-0.15, -0.1) is 0 Å². The van der Waals surface area contributed by atoms with E-state index in [4.69, 9.17) is 0 Å². The molecule has 3 amide bonds. The molecule has 3 N–H and O–H groups in total. The van der Waals surface area contributed by atoms with E-state index in [1.54, 1.807) is 33.8 Å². The number of hydrogen-bond donors (Lipinski definition) is 3. The molecule has 10 heteroatoms. The third-order valence-electron chi connectivity index (χ3n) is 12.5. The second-order valence-corrected chi connectivity index (χ2v) is 16.4. The molecule has 0 aliphatic carbocycles. The lowest BCUT2D eigenvalue weighted by molar-refractivity contribution is -0.139. The first-order valence-corrected chi connectivity index (χ1v) is 20.4. The zero-order valence-corrected chi connectivity index (χ0v) is 33.8. The number of piperidine rings is 1. The Morgan fingerprint density at radius 2 is 1.65 bits per heavy atom. The van der Waals surface area contributed by atoms with E-state index in [1.807, 2.05) is 72.8 Å². The predicted octanol–water partition coefficient (Wildman–Crippen LogP) is 6.37. The Morgan fingerprint density at radius 3 is 2.37 bits per heavy atom. The molecular weight excluding hydrogens is 715 g/mol. The van der Waals surface area contributed by atoms with Crippen LogP contribution in [-0.2, 0) is 33.0 Å². The van der Waals surface area contributed by atoms with Gasteiger partial charge in [-0.3, -0.25) is 19.3 Å². The molecule has 4 aliphatic rings. The van der Waals surface area contributed by atoms with Crippen molar-refractivity contribution in [2.24, 2.45) is 5.92 Å². The Kier molecular flexibility index (Phi) is 11.9. The highest BCUT2D eigenvalue weighted by Crippen LogP contribution is 2.48. The maximum atomic E-state index is 14.6. The standard InChI is InChI=1S/C47H57N5O5/c1-33(2)12-10-13-34(3)22-27-49-42-21-20-39(51-32-52(38-17-6-5-7-18-38)46(44(51)55)23-25-48-26-24-46)29-41(42)47(57,45(49)56)35(4)14-11-19-43(54)50-30-37-16-9-8-15-36(37)28-40(50)31-53/h5-9,11-12,14-18,20-22,29,35,40,48,53,57H,10,13,19,23-28,30-32H2,1-4H3/b14-11+,34-22+/t35-,40+,47+/m1/s1. The lowest BCUT2D eigenvalue weighted by Crippen LogP contribution is -2.55. The van der Waals surface area contributed by atoms with Crippen molar-refractivity contribution < 1.29 is 24.6 Å². The molecule has 300 valence electrons. The molecule has 0 bridgehead atoms. The number of para-hydroxylation sites is 1. The third-order valence-corrected chi connectivity index (χ3v) is 12.5. The molecule has 3 aromatic rings. The summed E-state index contributed by atoms with van der Waals surface area (Å²) in [6, 6.07) is 23.3. The van der Waals surface area contributed by atoms with Crippen LogP contribution in [0.4, 0.5) is 17.1 Å². The first kappa shape index (κ1) is 40.2. The molecule has 0 saturated carbocycles. The lowest BCUT2D eigenvalue weighted by Gasteiger charge is -2.39. The fraction of sp³-hybridized carbons (Fsp3) is 0.426. The number of fused-ring (bicyclic) bond motifs is 2. The van der Waals surface area contributed by atoms with E-state index >= 15 is 0 Å². The maximum absolute atomic E-state index is 14.6. The van der Waals surface area contributed by atoms with Crippen molar-refractivity contribution in [1.82, 2.24) is 10.2 Å². The van der Waals surface area contributed by atoms with Crippen LogP contribution in [0.25, 0.3) is 0 Å². The molecule has 7 rings (SSSR count). The first-order chi connectivity index (χ1) is 27.5. The zero-order valence-electron chi connectivity index (χ0n) is 33.8. The highest BCUT2D eigenvalue weighted by Gasteiger charge is 2.55. The summed E-state index contributed by atoms with van der Waals surface area (Å²) >= 11 is 0. The summed E-state index contributed by atoms with van der Waals surface area (Å²) in [5, 5.41) is 26.3. The summed E-state index contributed by atoms with van der Waals surface area (Å²) in [6.45, 7) is 10.4. The van der Waals surface area contributed by atoms with Crippen LogP contribution in [0, 0.1) is 5.92 Å². The number of carbonyl (C=O) groups is 3. The molecule has 4 aliphatic heterocycles. The number of rotatable bonds is 12. The van der Waals surface area contributed by atoms with Crippen LogP contribution in [0.15, 0.2) is 108 Å². The van der Waals surface area contributed by atoms with E-state index in [2.05, 4.69) is 43.1 Å². The molecule has 0 aromatic heterocycles. The Labute approximate surface area is 337 Å². The van der Waals surface area contributed by atoms with Crippen molar-refractivity contribution in [3.8, 4) is 0 Å². The lowest BCUT2D eigenvalue weighted by atomic mass is 9.82. The van der Waals surface area contributed by atoms with Crippen LogP contribution in [0.1, 0.15) is 76.5 Å². The van der Waals surface area contributed by atoms with Gasteiger partial charge in [0.25, 0.3) is 11.8 Å². The number of carbonyl (C=O) groups excluding carboxylic acids is 3. The number of aliphatic hydroxyl groups excluding tert-OH is 1. The number of aliphatic hydroxyl groups is 2. The summed E-state index contributed by atoms with van der Waals surface area (Å²) in [5.41, 5.74) is 4.64. The largest absolute Gasteiger partial charge is 0.394 e. The molecule has 2 fully saturated rings. The minimum atomic E-state index is -1.94. The fourth-order valence-electron chi connectivity index (χ4n) is 9.06. The van der Waals surface area contributed by atoms with Crippen molar-refractivity contribution in [3.63, 3.8) is 0 Å². The Balaban J connectivity index is 1.18. The van der Waals surface area contributed by atoms with Gasteiger partial charge < -0.3 is 30.2 Å². The van der Waals surface area contributed by atoms with Gasteiger partial charge in [0.05, 0.1) is 25.0 Å². The number of allylic oxidation sites excluding steroid dienone is 3. The average molecular weight is 772 g/mol. The van der Waals surface area contributed by atoms with Crippen molar-refractivity contribution in [3.05, 3.63) is 125 Å². The molecule has 57 heavy (non-hydrogen) atoms. The Bertz CT molecular complexity index is 2070. The highest BCUT2D eigenvalue weighted by atomic mass is 16.3. The minimum Gasteiger partial charge on any atom is -0.394 e. The Morgan fingerprint density at radius 1 is 0.930 bits per heavy atom. The van der Waals surface area contributed by atoms with Gasteiger partial charge in [0.2, 0.25) is 5.91 Å². The van der Waals surface area contributed by atoms with E-state index in [-0.39, 0.29) is 30.9 Å². The van der Waals surface area contributed by atoms with E-state index in [0.717, 1.165) is 48.3 Å². The third kappa shape index (κ3) is 7.70. The second kappa shape index (κ2) is 16.8. The quantitative estimate of drug-likeness (QED) is 0.183. The fourth-order valence-corrected chi connectivity index (χ4v) is 9.06. The normalized spacial score (nSPS) is 22.4. The number of anilines is 3. The molecule has 4 heterocycles. The molecular formula is C47H57N5O5. The van der Waals surface area contributed by atoms with E-state index in [9.17, 15) is 24.6 Å². The number of benzene rings is 3. The minimum absolute atomic E-state index is 0.0143. The summed E-state index contributed by atoms with van der Waals surface area (Å²) < 4.78 is 0. The smallest absolute Gasteiger partial charge is 0.264 e. The maximum Gasteiger partial charge on any atom is 0.264 e. The highest BCUT2D eigenvalue weighted by molar-refractivity contribution is 6.10. The van der Waals surface area contributed by atoms with Gasteiger partial charge in [-0.05, 0) is 107 Å². The zero-order chi connectivity index (χ0) is 40.3. The molecule has 0 radical (unpaired) electrons. The molecule has 3 aromatic carbocycles. The molecule has 1 spiro atoms. The van der Waals surface area contributed by atoms with E-state index in [1.165, 1.54) is 5.57 Å². The molecule has 3 atom stereocenters. The van der Waals surface area contributed by atoms with Gasteiger partial charge in [-0.2, -0.15) is 0 Å². The van der Waals surface area contributed by atoms with Gasteiger partial charge >= 0.3 is 0 Å². The van der Waals surface area contributed by atoms with Crippen molar-refractivity contribution in [1.29, 1.82) is 0 Å². The number of nitrogens with one attached hydrogen (secondary N) is 1. The Hall–Kier alpha value is -5.03. The van der Waals surface area contributed by atoms with Crippen LogP contribution < -0.4 is 20.0 Å². The predicted molar refractivity (Wildman–Crippen MR) is 226 cm³/mol. The van der Waals surface area contributed by atoms with Crippen molar-refractivity contribution >= 4 is 34.8 Å². The molecule has 2 saturated heterocycles. The van der Waals surface area contributed by atoms with Crippen LogP contribution >= 0.6 is 0 Å². The summed E-state index contributed by atoms with van der Waals surface area (Å²) in [6.07, 6.45) is 11.5. The van der Waals surface area contributed by atoms with Gasteiger partial charge in [-0.25, -0.2) is 0 Å². The van der Waals surface area contributed by atoms with Gasteiger partial charge in [0.1, 0.15) is 5.54 Å². The van der Waals surface area contributed by atoms with Crippen LogP contribution in [0.3, 0.4) is 0 Å².